The van der Waals surface area contributed by atoms with E-state index in [1.165, 1.54) is 0 Å². The number of aromatic amines is 1. The van der Waals surface area contributed by atoms with E-state index in [9.17, 15) is 0 Å². The Hall–Kier alpha value is -3.41. The molecule has 2 aromatic rings. The maximum atomic E-state index is 9.02. The van der Waals surface area contributed by atoms with E-state index in [2.05, 4.69) is 20.5 Å². The summed E-state index contributed by atoms with van der Waals surface area (Å²) in [7, 11) is 3.18. The summed E-state index contributed by atoms with van der Waals surface area (Å²) in [5, 5.41) is 18.7. The number of aromatic nitrogens is 2. The number of guanidine groups is 1. The Morgan fingerprint density at radius 1 is 1.35 bits per heavy atom. The molecule has 0 atom stereocenters. The van der Waals surface area contributed by atoms with E-state index in [-0.39, 0.29) is 5.82 Å². The first-order chi connectivity index (χ1) is 12.6. The number of rotatable bonds is 8. The fourth-order valence-electron chi connectivity index (χ4n) is 2.39. The van der Waals surface area contributed by atoms with E-state index in [1.807, 2.05) is 24.3 Å². The molecule has 0 aliphatic heterocycles. The van der Waals surface area contributed by atoms with Gasteiger partial charge in [-0.3, -0.25) is 5.10 Å². The highest BCUT2D eigenvalue weighted by Crippen LogP contribution is 2.27. The molecule has 0 amide bonds. The Morgan fingerprint density at radius 2 is 2.12 bits per heavy atom. The second kappa shape index (κ2) is 9.17. The molecule has 138 valence electrons. The molecule has 0 saturated carbocycles. The minimum Gasteiger partial charge on any atom is -0.493 e. The number of H-pyrrole nitrogens is 1. The SMILES string of the molecule is COc1ccc(CN=C(N)NCCCc2[nH]nc(N)c2C#N)cc1OC. The number of hydrogen-bond acceptors (Lipinski definition) is 6. The summed E-state index contributed by atoms with van der Waals surface area (Å²) in [6.07, 6.45) is 1.39. The molecule has 0 bridgehead atoms. The van der Waals surface area contributed by atoms with Crippen molar-refractivity contribution in [1.82, 2.24) is 15.5 Å². The molecule has 9 heteroatoms. The van der Waals surface area contributed by atoms with Gasteiger partial charge in [0.2, 0.25) is 0 Å². The monoisotopic (exact) mass is 357 g/mol. The summed E-state index contributed by atoms with van der Waals surface area (Å²) < 4.78 is 10.5. The second-order valence-corrected chi connectivity index (χ2v) is 5.50. The number of nitrogen functional groups attached to an aromatic ring is 1. The van der Waals surface area contributed by atoms with Crippen LogP contribution in [-0.2, 0) is 13.0 Å². The smallest absolute Gasteiger partial charge is 0.188 e. The van der Waals surface area contributed by atoms with Crippen LogP contribution >= 0.6 is 0 Å². The molecule has 1 heterocycles. The summed E-state index contributed by atoms with van der Waals surface area (Å²) in [5.74, 6) is 1.90. The van der Waals surface area contributed by atoms with Gasteiger partial charge >= 0.3 is 0 Å². The van der Waals surface area contributed by atoms with Crippen LogP contribution in [0.15, 0.2) is 23.2 Å². The Kier molecular flexibility index (Phi) is 6.68. The van der Waals surface area contributed by atoms with Gasteiger partial charge in [-0.2, -0.15) is 10.4 Å². The lowest BCUT2D eigenvalue weighted by Crippen LogP contribution is -2.32. The predicted molar refractivity (Wildman–Crippen MR) is 98.9 cm³/mol. The minimum absolute atomic E-state index is 0.228. The van der Waals surface area contributed by atoms with Crippen LogP contribution < -0.4 is 26.3 Å². The molecule has 0 spiro atoms. The first kappa shape index (κ1) is 18.9. The second-order valence-electron chi connectivity index (χ2n) is 5.50. The van der Waals surface area contributed by atoms with E-state index < -0.39 is 0 Å². The van der Waals surface area contributed by atoms with Crippen molar-refractivity contribution in [2.24, 2.45) is 10.7 Å². The number of nitrogens with one attached hydrogen (secondary N) is 2. The number of benzene rings is 1. The highest BCUT2D eigenvalue weighted by Gasteiger charge is 2.09. The van der Waals surface area contributed by atoms with Gasteiger partial charge in [0.25, 0.3) is 0 Å². The summed E-state index contributed by atoms with van der Waals surface area (Å²) in [6, 6.07) is 7.64. The zero-order chi connectivity index (χ0) is 18.9. The van der Waals surface area contributed by atoms with E-state index in [0.717, 1.165) is 17.7 Å². The van der Waals surface area contributed by atoms with Crippen molar-refractivity contribution >= 4 is 11.8 Å². The molecule has 0 fully saturated rings. The number of hydrogen-bond donors (Lipinski definition) is 4. The Morgan fingerprint density at radius 3 is 2.81 bits per heavy atom. The van der Waals surface area contributed by atoms with Crippen molar-refractivity contribution in [3.63, 3.8) is 0 Å². The summed E-state index contributed by atoms with van der Waals surface area (Å²) in [6.45, 7) is 1.04. The van der Waals surface area contributed by atoms with Gasteiger partial charge in [0.15, 0.2) is 23.3 Å². The van der Waals surface area contributed by atoms with Crippen LogP contribution in [-0.4, -0.2) is 36.9 Å². The molecule has 26 heavy (non-hydrogen) atoms. The number of nitriles is 1. The number of aryl methyl sites for hydroxylation is 1. The van der Waals surface area contributed by atoms with Crippen molar-refractivity contribution in [3.8, 4) is 17.6 Å². The molecule has 0 aliphatic carbocycles. The molecule has 6 N–H and O–H groups in total. The van der Waals surface area contributed by atoms with Crippen LogP contribution in [0.3, 0.4) is 0 Å². The molecule has 9 nitrogen and oxygen atoms in total. The van der Waals surface area contributed by atoms with Crippen LogP contribution in [0.2, 0.25) is 0 Å². The normalized spacial score (nSPS) is 11.0. The Balaban J connectivity index is 1.81. The topological polar surface area (TPSA) is 147 Å². The van der Waals surface area contributed by atoms with Gasteiger partial charge < -0.3 is 26.3 Å². The third-order valence-corrected chi connectivity index (χ3v) is 3.77. The van der Waals surface area contributed by atoms with Crippen molar-refractivity contribution in [3.05, 3.63) is 35.0 Å². The number of ether oxygens (including phenoxy) is 2. The van der Waals surface area contributed by atoms with Crippen molar-refractivity contribution < 1.29 is 9.47 Å². The first-order valence-electron chi connectivity index (χ1n) is 8.06. The minimum atomic E-state index is 0.228. The maximum absolute atomic E-state index is 9.02. The molecular formula is C17H23N7O2. The number of methoxy groups -OCH3 is 2. The maximum Gasteiger partial charge on any atom is 0.188 e. The van der Waals surface area contributed by atoms with Crippen molar-refractivity contribution in [2.75, 3.05) is 26.5 Å². The number of aliphatic imine (C=N–C) groups is 1. The third kappa shape index (κ3) is 4.80. The highest BCUT2D eigenvalue weighted by atomic mass is 16.5. The number of nitrogens with zero attached hydrogens (tertiary/aromatic N) is 3. The molecule has 1 aromatic heterocycles. The lowest BCUT2D eigenvalue weighted by molar-refractivity contribution is 0.354. The average Bonchev–Trinajstić information content (AvgIpc) is 3.02. The lowest BCUT2D eigenvalue weighted by atomic mass is 10.1. The van der Waals surface area contributed by atoms with Crippen molar-refractivity contribution in [1.29, 1.82) is 5.26 Å². The summed E-state index contributed by atoms with van der Waals surface area (Å²) in [5.41, 5.74) is 13.6. The van der Waals surface area contributed by atoms with Crippen LogP contribution in [0.25, 0.3) is 0 Å². The van der Waals surface area contributed by atoms with E-state index >= 15 is 0 Å². The number of nitrogens with two attached hydrogens (primary N) is 2. The lowest BCUT2D eigenvalue weighted by Gasteiger charge is -2.09. The molecule has 0 aliphatic rings. The first-order valence-corrected chi connectivity index (χ1v) is 8.06. The average molecular weight is 357 g/mol. The van der Waals surface area contributed by atoms with Crippen LogP contribution in [0.4, 0.5) is 5.82 Å². The zero-order valence-corrected chi connectivity index (χ0v) is 14.9. The summed E-state index contributed by atoms with van der Waals surface area (Å²) >= 11 is 0. The van der Waals surface area contributed by atoms with E-state index in [1.54, 1.807) is 14.2 Å². The van der Waals surface area contributed by atoms with Gasteiger partial charge in [0.1, 0.15) is 11.6 Å². The molecule has 0 saturated heterocycles. The van der Waals surface area contributed by atoms with Gasteiger partial charge in [0, 0.05) is 6.54 Å². The quantitative estimate of drug-likeness (QED) is 0.312. The third-order valence-electron chi connectivity index (χ3n) is 3.77. The van der Waals surface area contributed by atoms with Crippen LogP contribution in [0.1, 0.15) is 23.2 Å². The van der Waals surface area contributed by atoms with Crippen LogP contribution in [0.5, 0.6) is 11.5 Å². The predicted octanol–water partition coefficient (Wildman–Crippen LogP) is 0.918. The largest absolute Gasteiger partial charge is 0.493 e. The fourth-order valence-corrected chi connectivity index (χ4v) is 2.39. The molecule has 0 unspecified atom stereocenters. The molecule has 0 radical (unpaired) electrons. The molecule has 1 aromatic carbocycles. The van der Waals surface area contributed by atoms with Gasteiger partial charge in [-0.25, -0.2) is 4.99 Å². The van der Waals surface area contributed by atoms with Crippen LogP contribution in [0, 0.1) is 11.3 Å². The number of anilines is 1. The van der Waals surface area contributed by atoms with Gasteiger partial charge in [0.05, 0.1) is 26.5 Å². The van der Waals surface area contributed by atoms with Crippen molar-refractivity contribution in [2.45, 2.75) is 19.4 Å². The molecular weight excluding hydrogens is 334 g/mol. The van der Waals surface area contributed by atoms with Gasteiger partial charge in [-0.05, 0) is 30.5 Å². The fraction of sp³-hybridized carbons (Fsp3) is 0.353. The standard InChI is InChI=1S/C17H23N7O2/c1-25-14-6-5-11(8-15(14)26-2)10-22-17(20)21-7-3-4-13-12(9-18)16(19)24-23-13/h5-6,8H,3-4,7,10H2,1-2H3,(H3,19,23,24)(H3,20,21,22). The Bertz CT molecular complexity index is 808. The summed E-state index contributed by atoms with van der Waals surface area (Å²) in [4.78, 5) is 4.30. The Labute approximate surface area is 152 Å². The van der Waals surface area contributed by atoms with Gasteiger partial charge in [-0.15, -0.1) is 0 Å². The van der Waals surface area contributed by atoms with E-state index in [0.29, 0.717) is 42.5 Å². The molecule has 2 rings (SSSR count). The highest BCUT2D eigenvalue weighted by molar-refractivity contribution is 5.77. The van der Waals surface area contributed by atoms with Gasteiger partial charge in [-0.1, -0.05) is 6.07 Å². The zero-order valence-electron chi connectivity index (χ0n) is 14.9. The van der Waals surface area contributed by atoms with E-state index in [4.69, 9.17) is 26.2 Å².